The van der Waals surface area contributed by atoms with E-state index in [1.54, 1.807) is 25.4 Å². The van der Waals surface area contributed by atoms with E-state index < -0.39 is 0 Å². The number of fused-ring (bicyclic) bond motifs is 1. The monoisotopic (exact) mass is 463 g/mol. The summed E-state index contributed by atoms with van der Waals surface area (Å²) in [5, 5.41) is 0.913. The van der Waals surface area contributed by atoms with Crippen molar-refractivity contribution in [1.82, 2.24) is 9.97 Å². The minimum absolute atomic E-state index is 0.187. The zero-order valence-electron chi connectivity index (χ0n) is 19.9. The number of aromatic nitrogens is 2. The number of nitrogens with two attached hydrogens (primary N) is 2. The van der Waals surface area contributed by atoms with E-state index in [9.17, 15) is 0 Å². The molecule has 34 heavy (non-hydrogen) atoms. The van der Waals surface area contributed by atoms with Crippen molar-refractivity contribution in [2.75, 3.05) is 38.3 Å². The van der Waals surface area contributed by atoms with Gasteiger partial charge in [-0.15, -0.1) is 0 Å². The van der Waals surface area contributed by atoms with Crippen molar-refractivity contribution in [2.45, 2.75) is 38.5 Å². The van der Waals surface area contributed by atoms with Crippen LogP contribution in [0, 0.1) is 0 Å². The van der Waals surface area contributed by atoms with E-state index >= 15 is 0 Å². The lowest BCUT2D eigenvalue weighted by Crippen LogP contribution is -2.44. The molecular formula is C25H33N7O2. The predicted octanol–water partition coefficient (Wildman–Crippen LogP) is 2.53. The Labute approximate surface area is 200 Å². The van der Waals surface area contributed by atoms with Gasteiger partial charge in [0, 0.05) is 37.3 Å². The maximum atomic E-state index is 5.86. The van der Waals surface area contributed by atoms with Gasteiger partial charge in [-0.2, -0.15) is 0 Å². The van der Waals surface area contributed by atoms with Gasteiger partial charge in [0.15, 0.2) is 0 Å². The smallest absolute Gasteiger partial charge is 0.149 e. The lowest BCUT2D eigenvalue weighted by molar-refractivity contribution is 0.0224. The first-order valence-corrected chi connectivity index (χ1v) is 11.7. The molecule has 1 unspecified atom stereocenters. The maximum absolute atomic E-state index is 5.86. The van der Waals surface area contributed by atoms with E-state index in [1.165, 1.54) is 12.4 Å². The molecular weight excluding hydrogens is 430 g/mol. The third kappa shape index (κ3) is 5.10. The number of morpholine rings is 1. The summed E-state index contributed by atoms with van der Waals surface area (Å²) in [5.74, 6) is 0.837. The SMILES string of the molecule is CN=C(C=CN)c1cc(N2CCOC[C@H]2C)nc2c(C(C=CN)=NC3CCCCO3)nccc12. The van der Waals surface area contributed by atoms with Crippen LogP contribution in [-0.2, 0) is 9.47 Å². The van der Waals surface area contributed by atoms with Crippen molar-refractivity contribution in [1.29, 1.82) is 0 Å². The summed E-state index contributed by atoms with van der Waals surface area (Å²) in [4.78, 5) is 21.4. The zero-order valence-corrected chi connectivity index (χ0v) is 19.9. The fraction of sp³-hybridized carbons (Fsp3) is 0.440. The van der Waals surface area contributed by atoms with Gasteiger partial charge in [0.25, 0.3) is 0 Å². The van der Waals surface area contributed by atoms with Crippen LogP contribution in [-0.4, -0.2) is 67.1 Å². The molecule has 0 radical (unpaired) electrons. The first-order valence-electron chi connectivity index (χ1n) is 11.7. The molecule has 0 spiro atoms. The Morgan fingerprint density at radius 3 is 2.71 bits per heavy atom. The molecule has 0 aliphatic carbocycles. The summed E-state index contributed by atoms with van der Waals surface area (Å²) in [6.07, 6.45) is 11.1. The van der Waals surface area contributed by atoms with E-state index in [1.807, 2.05) is 6.07 Å². The number of ether oxygens (including phenoxy) is 2. The Kier molecular flexibility index (Phi) is 7.87. The molecule has 2 atom stereocenters. The van der Waals surface area contributed by atoms with E-state index in [4.69, 9.17) is 30.9 Å². The summed E-state index contributed by atoms with van der Waals surface area (Å²) >= 11 is 0. The van der Waals surface area contributed by atoms with Crippen molar-refractivity contribution in [2.24, 2.45) is 21.5 Å². The van der Waals surface area contributed by atoms with Crippen LogP contribution in [0.2, 0.25) is 0 Å². The van der Waals surface area contributed by atoms with Crippen LogP contribution in [0.3, 0.4) is 0 Å². The fourth-order valence-corrected chi connectivity index (χ4v) is 4.38. The number of nitrogens with zero attached hydrogens (tertiary/aromatic N) is 5. The van der Waals surface area contributed by atoms with Crippen LogP contribution >= 0.6 is 0 Å². The fourth-order valence-electron chi connectivity index (χ4n) is 4.38. The van der Waals surface area contributed by atoms with Crippen LogP contribution < -0.4 is 16.4 Å². The Bertz CT molecular complexity index is 1120. The molecule has 4 heterocycles. The van der Waals surface area contributed by atoms with Gasteiger partial charge >= 0.3 is 0 Å². The van der Waals surface area contributed by atoms with Crippen molar-refractivity contribution >= 4 is 28.1 Å². The Morgan fingerprint density at radius 2 is 2.00 bits per heavy atom. The van der Waals surface area contributed by atoms with Gasteiger partial charge in [0.2, 0.25) is 0 Å². The van der Waals surface area contributed by atoms with E-state index in [2.05, 4.69) is 27.9 Å². The molecule has 0 amide bonds. The van der Waals surface area contributed by atoms with Crippen LogP contribution in [0.5, 0.6) is 0 Å². The number of hydrogen-bond donors (Lipinski definition) is 2. The quantitative estimate of drug-likeness (QED) is 0.631. The molecule has 0 aromatic carbocycles. The van der Waals surface area contributed by atoms with Crippen LogP contribution in [0.15, 0.2) is 52.9 Å². The molecule has 2 saturated heterocycles. The second-order valence-electron chi connectivity index (χ2n) is 8.36. The number of rotatable bonds is 6. The number of anilines is 1. The molecule has 4 rings (SSSR count). The summed E-state index contributed by atoms with van der Waals surface area (Å²) < 4.78 is 11.5. The third-order valence-corrected chi connectivity index (χ3v) is 6.08. The Hall–Kier alpha value is -3.30. The zero-order chi connectivity index (χ0) is 23.9. The highest BCUT2D eigenvalue weighted by Gasteiger charge is 2.24. The van der Waals surface area contributed by atoms with E-state index in [0.29, 0.717) is 31.2 Å². The lowest BCUT2D eigenvalue weighted by Gasteiger charge is -2.34. The highest BCUT2D eigenvalue weighted by molar-refractivity contribution is 6.20. The molecule has 9 heteroatoms. The largest absolute Gasteiger partial charge is 0.405 e. The summed E-state index contributed by atoms with van der Waals surface area (Å²) in [6.45, 7) is 4.89. The van der Waals surface area contributed by atoms with Crippen LogP contribution in [0.4, 0.5) is 5.82 Å². The molecule has 2 aromatic heterocycles. The van der Waals surface area contributed by atoms with Crippen molar-refractivity contribution in [3.63, 3.8) is 0 Å². The average molecular weight is 464 g/mol. The Morgan fingerprint density at radius 1 is 1.18 bits per heavy atom. The molecule has 180 valence electrons. The normalized spacial score (nSPS) is 22.8. The second kappa shape index (κ2) is 11.2. The van der Waals surface area contributed by atoms with Crippen molar-refractivity contribution in [3.8, 4) is 0 Å². The second-order valence-corrected chi connectivity index (χ2v) is 8.36. The van der Waals surface area contributed by atoms with Crippen molar-refractivity contribution in [3.05, 3.63) is 54.1 Å². The number of pyridine rings is 2. The molecule has 4 N–H and O–H groups in total. The number of allylic oxidation sites excluding steroid dienone is 2. The summed E-state index contributed by atoms with van der Waals surface area (Å²) in [5.41, 5.74) is 15.3. The molecule has 2 aromatic rings. The first-order chi connectivity index (χ1) is 16.7. The minimum Gasteiger partial charge on any atom is -0.405 e. The number of hydrogen-bond acceptors (Lipinski definition) is 9. The van der Waals surface area contributed by atoms with Gasteiger partial charge in [0.05, 0.1) is 30.7 Å². The van der Waals surface area contributed by atoms with Crippen molar-refractivity contribution < 1.29 is 9.47 Å². The van der Waals surface area contributed by atoms with Gasteiger partial charge in [0.1, 0.15) is 23.3 Å². The van der Waals surface area contributed by atoms with Gasteiger partial charge in [-0.3, -0.25) is 15.0 Å². The summed E-state index contributed by atoms with van der Waals surface area (Å²) in [6, 6.07) is 4.20. The first kappa shape index (κ1) is 23.8. The van der Waals surface area contributed by atoms with E-state index in [-0.39, 0.29) is 12.3 Å². The standard InChI is InChI=1S/C25H33N7O2/c1-17-16-33-14-12-32(17)22-15-19(20(28-2)6-9-26)18-8-11-29-25(24(18)31-22)21(7-10-27)30-23-5-3-4-13-34-23/h6-11,15,17,23H,3-5,12-14,16,26-27H2,1-2H3/t17-,23?/m1/s1. The molecule has 2 aliphatic rings. The van der Waals surface area contributed by atoms with Gasteiger partial charge in [-0.1, -0.05) is 0 Å². The van der Waals surface area contributed by atoms with Crippen LogP contribution in [0.1, 0.15) is 37.4 Å². The lowest BCUT2D eigenvalue weighted by atomic mass is 10.0. The highest BCUT2D eigenvalue weighted by Crippen LogP contribution is 2.28. The van der Waals surface area contributed by atoms with Gasteiger partial charge < -0.3 is 25.8 Å². The topological polar surface area (TPSA) is 124 Å². The van der Waals surface area contributed by atoms with Gasteiger partial charge in [-0.05, 0) is 62.9 Å². The average Bonchev–Trinajstić information content (AvgIpc) is 2.87. The molecule has 0 bridgehead atoms. The van der Waals surface area contributed by atoms with E-state index in [0.717, 1.165) is 53.8 Å². The molecule has 2 aliphatic heterocycles. The molecule has 0 saturated carbocycles. The highest BCUT2D eigenvalue weighted by atomic mass is 16.5. The van der Waals surface area contributed by atoms with Crippen LogP contribution in [0.25, 0.3) is 10.9 Å². The minimum atomic E-state index is -0.216. The summed E-state index contributed by atoms with van der Waals surface area (Å²) in [7, 11) is 1.76. The maximum Gasteiger partial charge on any atom is 0.149 e. The predicted molar refractivity (Wildman–Crippen MR) is 136 cm³/mol. The third-order valence-electron chi connectivity index (χ3n) is 6.08. The number of aliphatic imine (C=N–C) groups is 2. The molecule has 9 nitrogen and oxygen atoms in total. The molecule has 2 fully saturated rings. The Balaban J connectivity index is 1.94. The van der Waals surface area contributed by atoms with Gasteiger partial charge in [-0.25, -0.2) is 4.98 Å².